The van der Waals surface area contributed by atoms with Gasteiger partial charge in [-0.05, 0) is 17.7 Å². The van der Waals surface area contributed by atoms with E-state index in [1.54, 1.807) is 0 Å². The molecule has 0 radical (unpaired) electrons. The number of nitrogens with one attached hydrogen (secondary N) is 2. The van der Waals surface area contributed by atoms with Crippen molar-refractivity contribution < 1.29 is 9.59 Å². The number of benzene rings is 1. The van der Waals surface area contributed by atoms with Crippen LogP contribution in [0.5, 0.6) is 0 Å². The molecule has 1 aliphatic rings. The summed E-state index contributed by atoms with van der Waals surface area (Å²) in [5.41, 5.74) is 1.93. The molecule has 2 amide bonds. The van der Waals surface area contributed by atoms with E-state index < -0.39 is 0 Å². The van der Waals surface area contributed by atoms with E-state index in [1.165, 1.54) is 17.1 Å². The van der Waals surface area contributed by atoms with Gasteiger partial charge >= 0.3 is 0 Å². The van der Waals surface area contributed by atoms with Crippen molar-refractivity contribution >= 4 is 35.3 Å². The van der Waals surface area contributed by atoms with Crippen LogP contribution in [0, 0.1) is 5.92 Å². The number of thioether (sulfide) groups is 2. The first-order chi connectivity index (χ1) is 10.6. The molecule has 0 unspecified atom stereocenters. The normalized spacial score (nSPS) is 15.0. The molecule has 2 N–H and O–H groups in total. The van der Waals surface area contributed by atoms with E-state index in [2.05, 4.69) is 10.6 Å². The molecule has 0 bridgehead atoms. The molecule has 1 aromatic rings. The van der Waals surface area contributed by atoms with Gasteiger partial charge in [0.05, 0.1) is 4.58 Å². The van der Waals surface area contributed by atoms with Gasteiger partial charge in [0.25, 0.3) is 5.91 Å². The van der Waals surface area contributed by atoms with Gasteiger partial charge in [0, 0.05) is 36.1 Å². The third-order valence-corrected chi connectivity index (χ3v) is 6.41. The Morgan fingerprint density at radius 3 is 2.27 bits per heavy atom. The summed E-state index contributed by atoms with van der Waals surface area (Å²) < 4.78 is 0.503. The van der Waals surface area contributed by atoms with Crippen LogP contribution in [-0.4, -0.2) is 36.4 Å². The fraction of sp³-hybridized carbons (Fsp3) is 0.500. The zero-order valence-corrected chi connectivity index (χ0v) is 14.6. The number of carbonyl (C=O) groups is 2. The van der Waals surface area contributed by atoms with E-state index in [1.807, 2.05) is 61.6 Å². The Balaban J connectivity index is 1.76. The number of carbonyl (C=O) groups excluding carboxylic acids is 2. The van der Waals surface area contributed by atoms with Crippen molar-refractivity contribution in [2.75, 3.05) is 24.6 Å². The van der Waals surface area contributed by atoms with E-state index in [4.69, 9.17) is 0 Å². The summed E-state index contributed by atoms with van der Waals surface area (Å²) in [6.45, 7) is 4.58. The van der Waals surface area contributed by atoms with Crippen molar-refractivity contribution in [3.05, 3.63) is 35.4 Å². The second kappa shape index (κ2) is 8.48. The molecule has 0 aromatic heterocycles. The average molecular weight is 338 g/mol. The van der Waals surface area contributed by atoms with Crippen molar-refractivity contribution in [3.63, 3.8) is 0 Å². The number of hydrogen-bond donors (Lipinski definition) is 2. The Morgan fingerprint density at radius 2 is 1.68 bits per heavy atom. The largest absolute Gasteiger partial charge is 0.354 e. The molecule has 1 aromatic carbocycles. The molecule has 1 aliphatic heterocycles. The van der Waals surface area contributed by atoms with Crippen LogP contribution < -0.4 is 10.6 Å². The summed E-state index contributed by atoms with van der Waals surface area (Å²) in [6, 6.07) is 7.81. The third-order valence-electron chi connectivity index (χ3n) is 3.30. The van der Waals surface area contributed by atoms with Crippen molar-refractivity contribution in [2.45, 2.75) is 18.4 Å². The maximum Gasteiger partial charge on any atom is 0.251 e. The molecule has 1 fully saturated rings. The summed E-state index contributed by atoms with van der Waals surface area (Å²) in [5, 5.41) is 5.59. The average Bonchev–Trinajstić information content (AvgIpc) is 3.05. The van der Waals surface area contributed by atoms with Crippen LogP contribution in [-0.2, 0) is 4.79 Å². The fourth-order valence-corrected chi connectivity index (χ4v) is 4.87. The molecule has 120 valence electrons. The molecular weight excluding hydrogens is 316 g/mol. The standard InChI is InChI=1S/C16H22N2O2S2/c1-11(2)14(19)17-7-8-18-15(20)12-3-5-13(6-4-12)16-21-9-10-22-16/h3-6,11,16H,7-10H2,1-2H3,(H,17,19)(H,18,20). The first-order valence-corrected chi connectivity index (χ1v) is 9.57. The van der Waals surface area contributed by atoms with Gasteiger partial charge in [-0.15, -0.1) is 23.5 Å². The maximum absolute atomic E-state index is 12.0. The molecule has 0 spiro atoms. The minimum Gasteiger partial charge on any atom is -0.354 e. The summed E-state index contributed by atoms with van der Waals surface area (Å²) in [6.07, 6.45) is 0. The zero-order chi connectivity index (χ0) is 15.9. The Kier molecular flexibility index (Phi) is 6.64. The van der Waals surface area contributed by atoms with Gasteiger partial charge in [-0.25, -0.2) is 0 Å². The lowest BCUT2D eigenvalue weighted by Crippen LogP contribution is -2.36. The van der Waals surface area contributed by atoms with Crippen LogP contribution in [0.1, 0.15) is 34.4 Å². The predicted molar refractivity (Wildman–Crippen MR) is 94.3 cm³/mol. The van der Waals surface area contributed by atoms with E-state index >= 15 is 0 Å². The molecule has 6 heteroatoms. The predicted octanol–water partition coefficient (Wildman–Crippen LogP) is 2.67. The van der Waals surface area contributed by atoms with E-state index in [-0.39, 0.29) is 17.7 Å². The van der Waals surface area contributed by atoms with E-state index in [0.29, 0.717) is 23.2 Å². The SMILES string of the molecule is CC(C)C(=O)NCCNC(=O)c1ccc(C2SCCS2)cc1. The highest BCUT2D eigenvalue weighted by Gasteiger charge is 2.18. The summed E-state index contributed by atoms with van der Waals surface area (Å²) in [7, 11) is 0. The van der Waals surface area contributed by atoms with Gasteiger partial charge in [-0.3, -0.25) is 9.59 Å². The van der Waals surface area contributed by atoms with Gasteiger partial charge in [-0.2, -0.15) is 0 Å². The summed E-state index contributed by atoms with van der Waals surface area (Å²) in [5.74, 6) is 2.26. The van der Waals surface area contributed by atoms with Crippen LogP contribution >= 0.6 is 23.5 Å². The molecule has 0 atom stereocenters. The lowest BCUT2D eigenvalue weighted by atomic mass is 10.1. The molecule has 1 saturated heterocycles. The minimum atomic E-state index is -0.0999. The van der Waals surface area contributed by atoms with E-state index in [9.17, 15) is 9.59 Å². The molecular formula is C16H22N2O2S2. The van der Waals surface area contributed by atoms with Gasteiger partial charge in [-0.1, -0.05) is 26.0 Å². The number of hydrogen-bond acceptors (Lipinski definition) is 4. The molecule has 0 aliphatic carbocycles. The second-order valence-corrected chi connectivity index (χ2v) is 8.12. The second-order valence-electron chi connectivity index (χ2n) is 5.40. The molecule has 4 nitrogen and oxygen atoms in total. The number of rotatable bonds is 6. The molecule has 0 saturated carbocycles. The Morgan fingerprint density at radius 1 is 1.09 bits per heavy atom. The highest BCUT2D eigenvalue weighted by atomic mass is 32.2. The fourth-order valence-electron chi connectivity index (χ4n) is 2.01. The lowest BCUT2D eigenvalue weighted by molar-refractivity contribution is -0.123. The summed E-state index contributed by atoms with van der Waals surface area (Å²) in [4.78, 5) is 23.4. The topological polar surface area (TPSA) is 58.2 Å². The van der Waals surface area contributed by atoms with Crippen LogP contribution in [0.15, 0.2) is 24.3 Å². The Bertz CT molecular complexity index is 511. The quantitative estimate of drug-likeness (QED) is 0.783. The van der Waals surface area contributed by atoms with E-state index in [0.717, 1.165) is 0 Å². The van der Waals surface area contributed by atoms with Crippen LogP contribution in [0.3, 0.4) is 0 Å². The van der Waals surface area contributed by atoms with Gasteiger partial charge in [0.15, 0.2) is 0 Å². The van der Waals surface area contributed by atoms with Gasteiger partial charge in [0.2, 0.25) is 5.91 Å². The van der Waals surface area contributed by atoms with Crippen LogP contribution in [0.25, 0.3) is 0 Å². The molecule has 1 heterocycles. The smallest absolute Gasteiger partial charge is 0.251 e. The highest BCUT2D eigenvalue weighted by molar-refractivity contribution is 8.19. The third kappa shape index (κ3) is 4.95. The van der Waals surface area contributed by atoms with Crippen molar-refractivity contribution in [3.8, 4) is 0 Å². The Labute approximate surface area is 140 Å². The van der Waals surface area contributed by atoms with Crippen molar-refractivity contribution in [1.29, 1.82) is 0 Å². The van der Waals surface area contributed by atoms with Gasteiger partial charge in [0.1, 0.15) is 0 Å². The van der Waals surface area contributed by atoms with Crippen molar-refractivity contribution in [1.82, 2.24) is 10.6 Å². The Hall–Kier alpha value is -1.14. The summed E-state index contributed by atoms with van der Waals surface area (Å²) >= 11 is 3.91. The van der Waals surface area contributed by atoms with Gasteiger partial charge < -0.3 is 10.6 Å². The molecule has 22 heavy (non-hydrogen) atoms. The zero-order valence-electron chi connectivity index (χ0n) is 12.9. The maximum atomic E-state index is 12.0. The number of amides is 2. The van der Waals surface area contributed by atoms with Crippen molar-refractivity contribution in [2.24, 2.45) is 5.92 Å². The van der Waals surface area contributed by atoms with Crippen LogP contribution in [0.2, 0.25) is 0 Å². The first-order valence-electron chi connectivity index (χ1n) is 7.47. The molecule has 2 rings (SSSR count). The highest BCUT2D eigenvalue weighted by Crippen LogP contribution is 2.45. The minimum absolute atomic E-state index is 0.00478. The lowest BCUT2D eigenvalue weighted by Gasteiger charge is -2.10. The monoisotopic (exact) mass is 338 g/mol. The van der Waals surface area contributed by atoms with Crippen LogP contribution in [0.4, 0.5) is 0 Å². The first kappa shape index (κ1) is 17.2.